The number of amides is 1. The van der Waals surface area contributed by atoms with Crippen LogP contribution in [0.3, 0.4) is 0 Å². The largest absolute Gasteiger partial charge is 0.493 e. The summed E-state index contributed by atoms with van der Waals surface area (Å²) in [6, 6.07) is 10.0. The summed E-state index contributed by atoms with van der Waals surface area (Å²) in [5.74, 6) is 1.51. The van der Waals surface area contributed by atoms with E-state index >= 15 is 0 Å². The highest BCUT2D eigenvalue weighted by Gasteiger charge is 2.30. The Labute approximate surface area is 192 Å². The molecule has 0 bridgehead atoms. The van der Waals surface area contributed by atoms with Gasteiger partial charge in [-0.15, -0.1) is 0 Å². The van der Waals surface area contributed by atoms with Crippen LogP contribution >= 0.6 is 0 Å². The van der Waals surface area contributed by atoms with E-state index in [0.717, 1.165) is 57.6 Å². The SMILES string of the molecule is CCN(C(=O)CCOc1ccccc1)C1CCC(c2[nH]ncc2CN(C)CCNC)CC1. The number of H-pyrrole nitrogens is 1. The molecule has 1 aromatic carbocycles. The highest BCUT2D eigenvalue weighted by molar-refractivity contribution is 5.76. The topological polar surface area (TPSA) is 73.5 Å². The summed E-state index contributed by atoms with van der Waals surface area (Å²) in [4.78, 5) is 17.2. The lowest BCUT2D eigenvalue weighted by Crippen LogP contribution is -2.42. The zero-order valence-electron chi connectivity index (χ0n) is 19.8. The van der Waals surface area contributed by atoms with Gasteiger partial charge in [-0.2, -0.15) is 5.10 Å². The van der Waals surface area contributed by atoms with E-state index in [4.69, 9.17) is 4.74 Å². The van der Waals surface area contributed by atoms with E-state index < -0.39 is 0 Å². The predicted molar refractivity (Wildman–Crippen MR) is 128 cm³/mol. The maximum atomic E-state index is 12.9. The summed E-state index contributed by atoms with van der Waals surface area (Å²) in [6.45, 7) is 6.16. The van der Waals surface area contributed by atoms with Gasteiger partial charge in [0.25, 0.3) is 0 Å². The van der Waals surface area contributed by atoms with E-state index in [9.17, 15) is 4.79 Å². The number of carbonyl (C=O) groups is 1. The third-order valence-corrected chi connectivity index (χ3v) is 6.47. The fraction of sp³-hybridized carbons (Fsp3) is 0.600. The van der Waals surface area contributed by atoms with Crippen molar-refractivity contribution in [1.82, 2.24) is 25.3 Å². The average Bonchev–Trinajstić information content (AvgIpc) is 3.27. The van der Waals surface area contributed by atoms with Gasteiger partial charge in [0.05, 0.1) is 19.2 Å². The Morgan fingerprint density at radius 2 is 1.97 bits per heavy atom. The smallest absolute Gasteiger partial charge is 0.226 e. The second-order valence-electron chi connectivity index (χ2n) is 8.75. The van der Waals surface area contributed by atoms with E-state index in [1.165, 1.54) is 11.3 Å². The minimum Gasteiger partial charge on any atom is -0.493 e. The molecule has 1 aliphatic rings. The van der Waals surface area contributed by atoms with Crippen molar-refractivity contribution >= 4 is 5.91 Å². The number of hydrogen-bond acceptors (Lipinski definition) is 5. The van der Waals surface area contributed by atoms with Crippen LogP contribution in [0.2, 0.25) is 0 Å². The fourth-order valence-corrected chi connectivity index (χ4v) is 4.70. The number of aromatic nitrogens is 2. The number of nitrogens with zero attached hydrogens (tertiary/aromatic N) is 3. The lowest BCUT2D eigenvalue weighted by Gasteiger charge is -2.36. The summed E-state index contributed by atoms with van der Waals surface area (Å²) in [5.41, 5.74) is 2.58. The molecular weight excluding hydrogens is 402 g/mol. The number of aromatic amines is 1. The molecular formula is C25H39N5O2. The van der Waals surface area contributed by atoms with Gasteiger partial charge >= 0.3 is 0 Å². The molecule has 3 rings (SSSR count). The number of ether oxygens (including phenoxy) is 1. The van der Waals surface area contributed by atoms with Crippen LogP contribution < -0.4 is 10.1 Å². The molecule has 7 nitrogen and oxygen atoms in total. The van der Waals surface area contributed by atoms with Crippen LogP contribution in [0.25, 0.3) is 0 Å². The van der Waals surface area contributed by atoms with Crippen LogP contribution in [0, 0.1) is 0 Å². The first kappa shape index (κ1) is 24.3. The Morgan fingerprint density at radius 1 is 1.22 bits per heavy atom. The Morgan fingerprint density at radius 3 is 2.66 bits per heavy atom. The molecule has 0 saturated heterocycles. The first-order chi connectivity index (χ1) is 15.6. The normalized spacial score (nSPS) is 18.6. The van der Waals surface area contributed by atoms with Gasteiger partial charge in [0, 0.05) is 49.4 Å². The minimum atomic E-state index is 0.195. The fourth-order valence-electron chi connectivity index (χ4n) is 4.70. The van der Waals surface area contributed by atoms with Gasteiger partial charge in [0.15, 0.2) is 0 Å². The van der Waals surface area contributed by atoms with Gasteiger partial charge in [0.2, 0.25) is 5.91 Å². The number of likely N-dealkylation sites (N-methyl/N-ethyl adjacent to an activating group) is 2. The van der Waals surface area contributed by atoms with Gasteiger partial charge in [-0.25, -0.2) is 0 Å². The number of nitrogens with one attached hydrogen (secondary N) is 2. The van der Waals surface area contributed by atoms with Crippen molar-refractivity contribution in [3.8, 4) is 5.75 Å². The van der Waals surface area contributed by atoms with E-state index in [0.29, 0.717) is 25.0 Å². The van der Waals surface area contributed by atoms with Crippen molar-refractivity contribution in [2.45, 2.75) is 57.5 Å². The second kappa shape index (κ2) is 12.6. The lowest BCUT2D eigenvalue weighted by molar-refractivity contribution is -0.134. The number of carbonyl (C=O) groups excluding carboxylic acids is 1. The van der Waals surface area contributed by atoms with Gasteiger partial charge in [-0.3, -0.25) is 9.89 Å². The van der Waals surface area contributed by atoms with Gasteiger partial charge in [-0.05, 0) is 58.8 Å². The Balaban J connectivity index is 1.47. The molecule has 0 aliphatic heterocycles. The molecule has 7 heteroatoms. The zero-order valence-corrected chi connectivity index (χ0v) is 19.8. The average molecular weight is 442 g/mol. The molecule has 2 aromatic rings. The van der Waals surface area contributed by atoms with Crippen molar-refractivity contribution < 1.29 is 9.53 Å². The van der Waals surface area contributed by atoms with Crippen molar-refractivity contribution in [1.29, 1.82) is 0 Å². The van der Waals surface area contributed by atoms with Crippen molar-refractivity contribution in [2.75, 3.05) is 40.3 Å². The molecule has 0 radical (unpaired) electrons. The van der Waals surface area contributed by atoms with Crippen LogP contribution in [0.15, 0.2) is 36.5 Å². The van der Waals surface area contributed by atoms with Crippen molar-refractivity contribution in [2.24, 2.45) is 0 Å². The standard InChI is InChI=1S/C25H39N5O2/c1-4-30(24(31)14-17-32-23-8-6-5-7-9-23)22-12-10-20(11-13-22)25-21(18-27-28-25)19-29(3)16-15-26-2/h5-9,18,20,22,26H,4,10-17,19H2,1-3H3,(H,27,28). The molecule has 0 atom stereocenters. The third kappa shape index (κ3) is 6.81. The molecule has 1 saturated carbocycles. The van der Waals surface area contributed by atoms with Gasteiger partial charge < -0.3 is 19.9 Å². The van der Waals surface area contributed by atoms with Gasteiger partial charge in [0.1, 0.15) is 5.75 Å². The van der Waals surface area contributed by atoms with Crippen LogP contribution in [0.1, 0.15) is 56.2 Å². The van der Waals surface area contributed by atoms with Gasteiger partial charge in [-0.1, -0.05) is 18.2 Å². The Hall–Kier alpha value is -2.38. The van der Waals surface area contributed by atoms with Crippen LogP contribution in [-0.2, 0) is 11.3 Å². The maximum Gasteiger partial charge on any atom is 0.226 e. The van der Waals surface area contributed by atoms with Crippen LogP contribution in [-0.4, -0.2) is 72.3 Å². The highest BCUT2D eigenvalue weighted by atomic mass is 16.5. The number of para-hydroxylation sites is 1. The molecule has 1 amide bonds. The molecule has 1 aromatic heterocycles. The first-order valence-corrected chi connectivity index (χ1v) is 11.9. The molecule has 0 unspecified atom stereocenters. The second-order valence-corrected chi connectivity index (χ2v) is 8.75. The molecule has 176 valence electrons. The monoisotopic (exact) mass is 441 g/mol. The number of rotatable bonds is 12. The predicted octanol–water partition coefficient (Wildman–Crippen LogP) is 3.40. The Bertz CT molecular complexity index is 802. The molecule has 1 fully saturated rings. The number of hydrogen-bond donors (Lipinski definition) is 2. The summed E-state index contributed by atoms with van der Waals surface area (Å²) >= 11 is 0. The molecule has 2 N–H and O–H groups in total. The van der Waals surface area contributed by atoms with Crippen molar-refractivity contribution in [3.05, 3.63) is 47.8 Å². The van der Waals surface area contributed by atoms with Crippen molar-refractivity contribution in [3.63, 3.8) is 0 Å². The van der Waals surface area contributed by atoms with E-state index in [1.807, 2.05) is 43.6 Å². The summed E-state index contributed by atoms with van der Waals surface area (Å²) in [6.07, 6.45) is 6.66. The van der Waals surface area contributed by atoms with E-state index in [2.05, 4.69) is 39.3 Å². The van der Waals surface area contributed by atoms with E-state index in [-0.39, 0.29) is 5.91 Å². The summed E-state index contributed by atoms with van der Waals surface area (Å²) in [5, 5.41) is 10.8. The van der Waals surface area contributed by atoms with Crippen LogP contribution in [0.4, 0.5) is 0 Å². The summed E-state index contributed by atoms with van der Waals surface area (Å²) in [7, 11) is 4.13. The molecule has 0 spiro atoms. The minimum absolute atomic E-state index is 0.195. The molecule has 32 heavy (non-hydrogen) atoms. The van der Waals surface area contributed by atoms with Crippen LogP contribution in [0.5, 0.6) is 5.75 Å². The Kier molecular flexibility index (Phi) is 9.56. The highest BCUT2D eigenvalue weighted by Crippen LogP contribution is 2.35. The first-order valence-electron chi connectivity index (χ1n) is 11.9. The summed E-state index contributed by atoms with van der Waals surface area (Å²) < 4.78 is 5.73. The third-order valence-electron chi connectivity index (χ3n) is 6.47. The maximum absolute atomic E-state index is 12.9. The number of benzene rings is 1. The van der Waals surface area contributed by atoms with E-state index in [1.54, 1.807) is 0 Å². The molecule has 1 heterocycles. The quantitative estimate of drug-likeness (QED) is 0.528. The molecule has 1 aliphatic carbocycles. The zero-order chi connectivity index (χ0) is 22.8. The lowest BCUT2D eigenvalue weighted by atomic mass is 9.82.